The molecular formula is C8H19N3O2. The molecule has 0 fully saturated rings. The number of hydrogen-bond acceptors (Lipinski definition) is 4. The summed E-state index contributed by atoms with van der Waals surface area (Å²) >= 11 is 0. The molecule has 0 aromatic carbocycles. The van der Waals surface area contributed by atoms with Crippen LogP contribution >= 0.6 is 0 Å². The molecule has 0 heterocycles. The lowest BCUT2D eigenvalue weighted by atomic mass is 10.0. The Morgan fingerprint density at radius 3 is 2.62 bits per heavy atom. The van der Waals surface area contributed by atoms with Crippen molar-refractivity contribution in [3.63, 3.8) is 0 Å². The number of carbonyl (C=O) groups excluding carboxylic acids is 1. The molecule has 5 heteroatoms. The van der Waals surface area contributed by atoms with Gasteiger partial charge in [-0.15, -0.1) is 0 Å². The first-order valence-electron chi connectivity index (χ1n) is 4.40. The van der Waals surface area contributed by atoms with Gasteiger partial charge in [0.25, 0.3) is 0 Å². The van der Waals surface area contributed by atoms with Crippen LogP contribution in [0, 0.1) is 0 Å². The number of amides is 1. The average molecular weight is 189 g/mol. The van der Waals surface area contributed by atoms with E-state index in [1.54, 1.807) is 0 Å². The molecule has 0 aromatic rings. The van der Waals surface area contributed by atoms with E-state index in [2.05, 4.69) is 11.0 Å². The number of rotatable bonds is 6. The second-order valence-electron chi connectivity index (χ2n) is 3.39. The van der Waals surface area contributed by atoms with Crippen molar-refractivity contribution >= 4 is 5.91 Å². The van der Waals surface area contributed by atoms with E-state index in [1.165, 1.54) is 0 Å². The third-order valence-corrected chi connectivity index (χ3v) is 1.70. The second kappa shape index (κ2) is 5.90. The van der Waals surface area contributed by atoms with Gasteiger partial charge in [-0.2, -0.15) is 5.53 Å². The maximum Gasteiger partial charge on any atom is 0.235 e. The first-order valence-corrected chi connectivity index (χ1v) is 4.40. The zero-order valence-corrected chi connectivity index (χ0v) is 8.52. The van der Waals surface area contributed by atoms with Gasteiger partial charge in [0.05, 0.1) is 5.60 Å². The molecule has 0 radical (unpaired) electrons. The second-order valence-corrected chi connectivity index (χ2v) is 3.39. The molecule has 5 nitrogen and oxygen atoms in total. The van der Waals surface area contributed by atoms with Gasteiger partial charge in [-0.25, -0.2) is 0 Å². The zero-order valence-electron chi connectivity index (χ0n) is 8.52. The van der Waals surface area contributed by atoms with Gasteiger partial charge in [0.1, 0.15) is 0 Å². The molecular weight excluding hydrogens is 170 g/mol. The van der Waals surface area contributed by atoms with Gasteiger partial charge in [0.15, 0.2) is 0 Å². The van der Waals surface area contributed by atoms with Crippen molar-refractivity contribution in [3.8, 4) is 0 Å². The molecule has 0 saturated heterocycles. The molecule has 0 aliphatic heterocycles. The summed E-state index contributed by atoms with van der Waals surface area (Å²) in [4.78, 5) is 11.0. The molecule has 0 aromatic heterocycles. The number of nitrogens with one attached hydrogen (secondary N) is 2. The van der Waals surface area contributed by atoms with E-state index < -0.39 is 0 Å². The maximum absolute atomic E-state index is 11.0. The van der Waals surface area contributed by atoms with E-state index >= 15 is 0 Å². The lowest BCUT2D eigenvalue weighted by molar-refractivity contribution is -0.123. The van der Waals surface area contributed by atoms with Crippen LogP contribution in [0.25, 0.3) is 0 Å². The van der Waals surface area contributed by atoms with Crippen LogP contribution in [0.3, 0.4) is 0 Å². The Morgan fingerprint density at radius 2 is 2.15 bits per heavy atom. The van der Waals surface area contributed by atoms with Crippen LogP contribution < -0.4 is 16.8 Å². The van der Waals surface area contributed by atoms with Crippen LogP contribution in [0.4, 0.5) is 0 Å². The Hall–Kier alpha value is -0.650. The van der Waals surface area contributed by atoms with E-state index in [-0.39, 0.29) is 11.5 Å². The Balaban J connectivity index is 3.67. The highest BCUT2D eigenvalue weighted by molar-refractivity contribution is 5.75. The average Bonchev–Trinajstić information content (AvgIpc) is 2.02. The van der Waals surface area contributed by atoms with E-state index in [0.717, 1.165) is 0 Å². The minimum Gasteiger partial charge on any atom is -0.376 e. The van der Waals surface area contributed by atoms with Gasteiger partial charge >= 0.3 is 0 Å². The summed E-state index contributed by atoms with van der Waals surface area (Å²) in [5.74, 6) is 4.78. The van der Waals surface area contributed by atoms with Crippen molar-refractivity contribution in [3.05, 3.63) is 0 Å². The van der Waals surface area contributed by atoms with Crippen molar-refractivity contribution in [1.29, 1.82) is 0 Å². The van der Waals surface area contributed by atoms with Crippen LogP contribution in [-0.2, 0) is 9.53 Å². The van der Waals surface area contributed by atoms with Gasteiger partial charge in [0.2, 0.25) is 5.91 Å². The van der Waals surface area contributed by atoms with E-state index in [0.29, 0.717) is 19.4 Å². The number of ether oxygens (including phenoxy) is 1. The predicted octanol–water partition coefficient (Wildman–Crippen LogP) is 0.0762. The van der Waals surface area contributed by atoms with Gasteiger partial charge in [0, 0.05) is 13.0 Å². The highest BCUT2D eigenvalue weighted by Gasteiger charge is 2.18. The summed E-state index contributed by atoms with van der Waals surface area (Å²) in [7, 11) is 0. The minimum absolute atomic E-state index is 0.129. The van der Waals surface area contributed by atoms with Crippen molar-refractivity contribution in [2.24, 2.45) is 5.84 Å². The lowest BCUT2D eigenvalue weighted by Crippen LogP contribution is -2.42. The number of hydrogen-bond donors (Lipinski definition) is 3. The van der Waals surface area contributed by atoms with E-state index in [9.17, 15) is 4.79 Å². The summed E-state index contributed by atoms with van der Waals surface area (Å²) in [6, 6.07) is 0. The SMILES string of the molecule is CCOC(C)(C)CCC(=O)NNN. The Kier molecular flexibility index (Phi) is 5.61. The Bertz CT molecular complexity index is 159. The smallest absolute Gasteiger partial charge is 0.235 e. The summed E-state index contributed by atoms with van der Waals surface area (Å²) in [5, 5.41) is 0. The van der Waals surface area contributed by atoms with Crippen LogP contribution in [-0.4, -0.2) is 18.1 Å². The highest BCUT2D eigenvalue weighted by atomic mass is 16.5. The molecule has 13 heavy (non-hydrogen) atoms. The lowest BCUT2D eigenvalue weighted by Gasteiger charge is -2.24. The standard InChI is InChI=1S/C8H19N3O2/c1-4-13-8(2,3)6-5-7(12)10-11-9/h11H,4-6,9H2,1-3H3,(H,10,12). The Labute approximate surface area is 78.9 Å². The molecule has 4 N–H and O–H groups in total. The first-order chi connectivity index (χ1) is 6.02. The molecule has 0 spiro atoms. The van der Waals surface area contributed by atoms with Crippen molar-refractivity contribution in [2.75, 3.05) is 6.61 Å². The van der Waals surface area contributed by atoms with Crippen molar-refractivity contribution in [2.45, 2.75) is 39.2 Å². The number of nitrogens with two attached hydrogens (primary N) is 1. The quantitative estimate of drug-likeness (QED) is 0.408. The van der Waals surface area contributed by atoms with E-state index in [1.807, 2.05) is 20.8 Å². The summed E-state index contributed by atoms with van der Waals surface area (Å²) in [6.45, 7) is 6.51. The first kappa shape index (κ1) is 12.3. The van der Waals surface area contributed by atoms with Gasteiger partial charge in [-0.3, -0.25) is 16.1 Å². The Morgan fingerprint density at radius 1 is 1.54 bits per heavy atom. The third kappa shape index (κ3) is 6.51. The maximum atomic E-state index is 11.0. The highest BCUT2D eigenvalue weighted by Crippen LogP contribution is 2.15. The molecule has 0 saturated carbocycles. The predicted molar refractivity (Wildman–Crippen MR) is 50.4 cm³/mol. The fourth-order valence-corrected chi connectivity index (χ4v) is 1.02. The van der Waals surface area contributed by atoms with Gasteiger partial charge < -0.3 is 4.74 Å². The van der Waals surface area contributed by atoms with Crippen LogP contribution in [0.5, 0.6) is 0 Å². The molecule has 0 rings (SSSR count). The molecule has 78 valence electrons. The van der Waals surface area contributed by atoms with E-state index in [4.69, 9.17) is 10.6 Å². The monoisotopic (exact) mass is 189 g/mol. The summed E-state index contributed by atoms with van der Waals surface area (Å²) < 4.78 is 5.43. The molecule has 0 bridgehead atoms. The van der Waals surface area contributed by atoms with Crippen LogP contribution in [0.1, 0.15) is 33.6 Å². The molecule has 0 atom stereocenters. The zero-order chi connectivity index (χ0) is 10.3. The van der Waals surface area contributed by atoms with Gasteiger partial charge in [-0.05, 0) is 27.2 Å². The summed E-state index contributed by atoms with van der Waals surface area (Å²) in [5.41, 5.74) is 4.14. The third-order valence-electron chi connectivity index (χ3n) is 1.70. The van der Waals surface area contributed by atoms with Gasteiger partial charge in [-0.1, -0.05) is 0 Å². The van der Waals surface area contributed by atoms with Crippen molar-refractivity contribution < 1.29 is 9.53 Å². The molecule has 1 amide bonds. The number of hydrazine groups is 2. The molecule has 0 aliphatic rings. The van der Waals surface area contributed by atoms with Crippen LogP contribution in [0.2, 0.25) is 0 Å². The number of carbonyl (C=O) groups is 1. The van der Waals surface area contributed by atoms with Crippen molar-refractivity contribution in [1.82, 2.24) is 11.0 Å². The largest absolute Gasteiger partial charge is 0.376 e. The normalized spacial score (nSPS) is 11.4. The fraction of sp³-hybridized carbons (Fsp3) is 0.875. The minimum atomic E-state index is -0.249. The molecule has 0 aliphatic carbocycles. The summed E-state index contributed by atoms with van der Waals surface area (Å²) in [6.07, 6.45) is 1.07. The molecule has 0 unspecified atom stereocenters. The van der Waals surface area contributed by atoms with Crippen LogP contribution in [0.15, 0.2) is 0 Å². The fourth-order valence-electron chi connectivity index (χ4n) is 1.02. The topological polar surface area (TPSA) is 76.4 Å².